The molecule has 3 rings (SSSR count). The molecule has 0 bridgehead atoms. The molecule has 4 amide bonds. The van der Waals surface area contributed by atoms with E-state index < -0.39 is 60.6 Å². The van der Waals surface area contributed by atoms with E-state index >= 15 is 4.39 Å². The van der Waals surface area contributed by atoms with E-state index in [1.807, 2.05) is 6.07 Å². The summed E-state index contributed by atoms with van der Waals surface area (Å²) in [6.07, 6.45) is -0.787. The number of halogens is 1. The van der Waals surface area contributed by atoms with Gasteiger partial charge in [-0.1, -0.05) is 32.9 Å². The predicted molar refractivity (Wildman–Crippen MR) is 185 cm³/mol. The second-order valence-corrected chi connectivity index (χ2v) is 20.8. The van der Waals surface area contributed by atoms with Crippen LogP contribution < -0.4 is 21.1 Å². The fourth-order valence-corrected chi connectivity index (χ4v) is 6.40. The Morgan fingerprint density at radius 3 is 2.23 bits per heavy atom. The van der Waals surface area contributed by atoms with E-state index in [4.69, 9.17) is 9.16 Å². The summed E-state index contributed by atoms with van der Waals surface area (Å²) in [7, 11) is -2.15. The van der Waals surface area contributed by atoms with Crippen LogP contribution in [-0.4, -0.2) is 56.1 Å². The summed E-state index contributed by atoms with van der Waals surface area (Å²) in [4.78, 5) is 54.7. The van der Waals surface area contributed by atoms with Crippen LogP contribution in [0, 0.1) is 22.6 Å². The van der Waals surface area contributed by atoms with Crippen molar-refractivity contribution in [2.75, 3.05) is 17.3 Å². The summed E-state index contributed by atoms with van der Waals surface area (Å²) in [6, 6.07) is 10.00. The van der Waals surface area contributed by atoms with Gasteiger partial charge in [-0.05, 0) is 72.8 Å². The molecule has 1 heterocycles. The van der Waals surface area contributed by atoms with Crippen molar-refractivity contribution in [3.05, 3.63) is 58.9 Å². The van der Waals surface area contributed by atoms with Gasteiger partial charge < -0.3 is 19.4 Å². The van der Waals surface area contributed by atoms with E-state index in [-0.39, 0.29) is 29.6 Å². The van der Waals surface area contributed by atoms with Gasteiger partial charge in [0, 0.05) is 17.3 Å². The van der Waals surface area contributed by atoms with Crippen molar-refractivity contribution in [3.63, 3.8) is 0 Å². The molecule has 0 unspecified atom stereocenters. The lowest BCUT2D eigenvalue weighted by atomic mass is 9.94. The molecule has 0 saturated carbocycles. The molecule has 0 aliphatic carbocycles. The first kappa shape index (κ1) is 38.5. The molecule has 1 atom stereocenters. The number of fused-ring (bicyclic) bond motifs is 1. The molecule has 1 aliphatic heterocycles. The number of amides is 4. The number of rotatable bonds is 8. The van der Waals surface area contributed by atoms with Crippen molar-refractivity contribution >= 4 is 49.6 Å². The number of anilines is 1. The maximum Gasteiger partial charge on any atom is 0.408 e. The molecule has 2 aromatic carbocycles. The summed E-state index contributed by atoms with van der Waals surface area (Å²) in [5.41, 5.74) is 3.81. The SMILES string of the molecule is CC(C)(C)OC(=O)N[C@H]1CSc2cc(F)c(C(=O)NNC(=O)C(C)(C)CO[Si-](C)(C)C(C)(C)C)cc2N(Cc2ccc(C#N)cc2)C1=O. The van der Waals surface area contributed by atoms with Gasteiger partial charge in [-0.25, -0.2) is 9.18 Å². The number of carbonyl (C=O) groups is 4. The number of hydrazine groups is 1. The highest BCUT2D eigenvalue weighted by Gasteiger charge is 2.35. The van der Waals surface area contributed by atoms with Crippen LogP contribution in [0.25, 0.3) is 0 Å². The van der Waals surface area contributed by atoms with Crippen molar-refractivity contribution in [2.24, 2.45) is 5.41 Å². The van der Waals surface area contributed by atoms with Crippen molar-refractivity contribution in [3.8, 4) is 6.07 Å². The maximum absolute atomic E-state index is 15.5. The molecule has 2 aromatic rings. The number of thioether (sulfide) groups is 1. The quantitative estimate of drug-likeness (QED) is 0.223. The number of ether oxygens (including phenoxy) is 1. The molecule has 3 N–H and O–H groups in total. The van der Waals surface area contributed by atoms with Gasteiger partial charge in [0.05, 0.1) is 34.8 Å². The largest absolute Gasteiger partial charge is 0.564 e. The third-order valence-corrected chi connectivity index (χ3v) is 13.8. The number of hydrogen-bond donors (Lipinski definition) is 3. The molecule has 1 aliphatic rings. The van der Waals surface area contributed by atoms with Crippen LogP contribution in [0.2, 0.25) is 18.1 Å². The summed E-state index contributed by atoms with van der Waals surface area (Å²) in [5.74, 6) is -2.74. The highest BCUT2D eigenvalue weighted by Crippen LogP contribution is 2.39. The zero-order chi connectivity index (χ0) is 36.2. The second-order valence-electron chi connectivity index (χ2n) is 14.9. The minimum atomic E-state index is -2.15. The van der Waals surface area contributed by atoms with Crippen LogP contribution >= 0.6 is 11.8 Å². The van der Waals surface area contributed by atoms with Gasteiger partial charge in [0.25, 0.3) is 11.8 Å². The second kappa shape index (κ2) is 14.7. The predicted octanol–water partition coefficient (Wildman–Crippen LogP) is 6.04. The third kappa shape index (κ3) is 9.80. The summed E-state index contributed by atoms with van der Waals surface area (Å²) < 4.78 is 27.1. The zero-order valence-corrected chi connectivity index (χ0v) is 31.1. The van der Waals surface area contributed by atoms with Gasteiger partial charge in [-0.15, -0.1) is 29.9 Å². The number of nitrogens with one attached hydrogen (secondary N) is 3. The summed E-state index contributed by atoms with van der Waals surface area (Å²) in [5, 5.41) is 11.8. The Hall–Kier alpha value is -3.93. The van der Waals surface area contributed by atoms with Crippen molar-refractivity contribution in [2.45, 2.75) is 96.6 Å². The van der Waals surface area contributed by atoms with Gasteiger partial charge in [0.1, 0.15) is 17.5 Å². The van der Waals surface area contributed by atoms with Crippen LogP contribution in [0.3, 0.4) is 0 Å². The number of carbonyl (C=O) groups excluding carboxylic acids is 4. The Morgan fingerprint density at radius 1 is 1.04 bits per heavy atom. The van der Waals surface area contributed by atoms with E-state index in [9.17, 15) is 24.4 Å². The summed E-state index contributed by atoms with van der Waals surface area (Å²) >= 11 is 1.14. The van der Waals surface area contributed by atoms with Gasteiger partial charge >= 0.3 is 6.09 Å². The fraction of sp³-hybridized carbons (Fsp3) is 0.500. The molecular weight excluding hydrogens is 654 g/mol. The van der Waals surface area contributed by atoms with Gasteiger partial charge in [-0.3, -0.25) is 25.2 Å². The lowest BCUT2D eigenvalue weighted by molar-refractivity contribution is -0.131. The molecule has 14 heteroatoms. The molecule has 0 radical (unpaired) electrons. The topological polar surface area (TPSA) is 150 Å². The number of nitriles is 1. The lowest BCUT2D eigenvalue weighted by Gasteiger charge is -2.49. The Balaban J connectivity index is 1.88. The number of benzene rings is 2. The molecule has 48 heavy (non-hydrogen) atoms. The van der Waals surface area contributed by atoms with Crippen LogP contribution in [0.15, 0.2) is 41.3 Å². The molecule has 11 nitrogen and oxygen atoms in total. The Bertz CT molecular complexity index is 1600. The smallest absolute Gasteiger partial charge is 0.408 e. The Kier molecular flexibility index (Phi) is 11.8. The maximum atomic E-state index is 15.5. The first-order chi connectivity index (χ1) is 22.0. The van der Waals surface area contributed by atoms with Gasteiger partial charge in [0.15, 0.2) is 0 Å². The minimum absolute atomic E-state index is 0.00353. The molecule has 0 aromatic heterocycles. The monoisotopic (exact) mass is 699 g/mol. The lowest BCUT2D eigenvalue weighted by Crippen LogP contribution is -2.51. The minimum Gasteiger partial charge on any atom is -0.564 e. The average Bonchev–Trinajstić information content (AvgIpc) is 3.09. The Labute approximate surface area is 287 Å². The normalized spacial score (nSPS) is 15.5. The number of alkyl carbamates (subject to hydrolysis) is 1. The van der Waals surface area contributed by atoms with E-state index in [2.05, 4.69) is 50.0 Å². The van der Waals surface area contributed by atoms with Crippen molar-refractivity contribution in [1.82, 2.24) is 16.2 Å². The average molecular weight is 700 g/mol. The van der Waals surface area contributed by atoms with Gasteiger partial charge in [-0.2, -0.15) is 5.26 Å². The first-order valence-electron chi connectivity index (χ1n) is 15.6. The van der Waals surface area contributed by atoms with Crippen LogP contribution in [0.5, 0.6) is 0 Å². The van der Waals surface area contributed by atoms with E-state index in [1.165, 1.54) is 11.0 Å². The molecule has 0 spiro atoms. The number of hydrogen-bond acceptors (Lipinski definition) is 8. The molecule has 0 fully saturated rings. The standard InChI is InChI=1S/C34H46FN5O6SSi/c1-32(2,3)46-31(44)37-25-19-47-27-16-24(35)23(15-26(27)40(29(25)42)18-22-13-11-21(17-36)12-14-22)28(41)38-39-30(43)34(7,8)20-45-48(9,10)33(4,5)6/h11-16,25H,18-20H2,1-10H3,(H,37,44)(H,38,41)(H,39,43)/q-1/t25-/m0/s1. The van der Waals surface area contributed by atoms with Crippen molar-refractivity contribution < 1.29 is 32.7 Å². The Morgan fingerprint density at radius 2 is 1.67 bits per heavy atom. The third-order valence-electron chi connectivity index (χ3n) is 8.17. The van der Waals surface area contributed by atoms with Crippen LogP contribution in [0.4, 0.5) is 14.9 Å². The van der Waals surface area contributed by atoms with Crippen LogP contribution in [0.1, 0.15) is 76.9 Å². The summed E-state index contributed by atoms with van der Waals surface area (Å²) in [6.45, 7) is 19.0. The van der Waals surface area contributed by atoms with E-state index in [0.717, 1.165) is 17.8 Å². The fourth-order valence-electron chi connectivity index (χ4n) is 4.17. The van der Waals surface area contributed by atoms with Gasteiger partial charge in [0.2, 0.25) is 5.91 Å². The van der Waals surface area contributed by atoms with E-state index in [1.54, 1.807) is 58.9 Å². The molecule has 0 saturated heterocycles. The number of nitrogens with zero attached hydrogens (tertiary/aromatic N) is 2. The highest BCUT2D eigenvalue weighted by molar-refractivity contribution is 7.99. The zero-order valence-electron chi connectivity index (χ0n) is 29.3. The molecular formula is C34H46FN5O6SSi-. The van der Waals surface area contributed by atoms with Crippen molar-refractivity contribution in [1.29, 1.82) is 5.26 Å². The molecule has 261 valence electrons. The van der Waals surface area contributed by atoms with Crippen LogP contribution in [-0.2, 0) is 25.3 Å². The van der Waals surface area contributed by atoms with E-state index in [0.29, 0.717) is 16.0 Å². The highest BCUT2D eigenvalue weighted by atomic mass is 32.2. The first-order valence-corrected chi connectivity index (χ1v) is 19.4.